The monoisotopic (exact) mass is 274 g/mol. The number of aliphatic hydroxyl groups excluding tert-OH is 1. The smallest absolute Gasteiger partial charge is 0.166 e. The van der Waals surface area contributed by atoms with E-state index in [0.717, 1.165) is 5.56 Å². The van der Waals surface area contributed by atoms with Crippen LogP contribution in [0.3, 0.4) is 0 Å². The van der Waals surface area contributed by atoms with Crippen LogP contribution in [0.15, 0.2) is 42.5 Å². The zero-order chi connectivity index (χ0) is 14.5. The van der Waals surface area contributed by atoms with Crippen LogP contribution in [0.4, 0.5) is 0 Å². The van der Waals surface area contributed by atoms with E-state index in [9.17, 15) is 10.2 Å². The van der Waals surface area contributed by atoms with Crippen molar-refractivity contribution >= 4 is 0 Å². The summed E-state index contributed by atoms with van der Waals surface area (Å²) in [7, 11) is 3.11. The van der Waals surface area contributed by atoms with Crippen LogP contribution in [0.1, 0.15) is 17.2 Å². The van der Waals surface area contributed by atoms with Gasteiger partial charge in [-0.05, 0) is 23.8 Å². The third-order valence-corrected chi connectivity index (χ3v) is 3.16. The van der Waals surface area contributed by atoms with Crippen LogP contribution < -0.4 is 9.47 Å². The van der Waals surface area contributed by atoms with Crippen molar-refractivity contribution in [1.29, 1.82) is 0 Å². The largest absolute Gasteiger partial charge is 0.508 e. The van der Waals surface area contributed by atoms with Crippen molar-refractivity contribution in [1.82, 2.24) is 0 Å². The van der Waals surface area contributed by atoms with Crippen molar-refractivity contribution in [2.24, 2.45) is 0 Å². The second kappa shape index (κ2) is 6.30. The van der Waals surface area contributed by atoms with E-state index in [-0.39, 0.29) is 5.75 Å². The van der Waals surface area contributed by atoms with Gasteiger partial charge in [0.2, 0.25) is 0 Å². The first-order valence-electron chi connectivity index (χ1n) is 6.32. The molecule has 0 radical (unpaired) electrons. The first kappa shape index (κ1) is 14.2. The number of aromatic hydroxyl groups is 1. The van der Waals surface area contributed by atoms with Gasteiger partial charge in [0, 0.05) is 12.0 Å². The molecule has 2 N–H and O–H groups in total. The van der Waals surface area contributed by atoms with E-state index < -0.39 is 6.10 Å². The highest BCUT2D eigenvalue weighted by Gasteiger charge is 2.17. The van der Waals surface area contributed by atoms with Gasteiger partial charge < -0.3 is 19.7 Å². The Kier molecular flexibility index (Phi) is 4.48. The van der Waals surface area contributed by atoms with E-state index in [1.807, 2.05) is 12.1 Å². The van der Waals surface area contributed by atoms with Crippen LogP contribution in [0.25, 0.3) is 0 Å². The molecule has 4 heteroatoms. The summed E-state index contributed by atoms with van der Waals surface area (Å²) >= 11 is 0. The topological polar surface area (TPSA) is 58.9 Å². The van der Waals surface area contributed by atoms with E-state index >= 15 is 0 Å². The van der Waals surface area contributed by atoms with Gasteiger partial charge in [-0.25, -0.2) is 0 Å². The Balaban J connectivity index is 2.24. The first-order chi connectivity index (χ1) is 9.65. The Labute approximate surface area is 118 Å². The lowest BCUT2D eigenvalue weighted by Crippen LogP contribution is -2.05. The lowest BCUT2D eigenvalue weighted by atomic mass is 10.00. The van der Waals surface area contributed by atoms with Crippen LogP contribution in [0.5, 0.6) is 17.2 Å². The summed E-state index contributed by atoms with van der Waals surface area (Å²) in [5.41, 5.74) is 1.61. The third-order valence-electron chi connectivity index (χ3n) is 3.16. The minimum atomic E-state index is -0.704. The molecule has 2 rings (SSSR count). The lowest BCUT2D eigenvalue weighted by molar-refractivity contribution is 0.173. The molecule has 0 fully saturated rings. The summed E-state index contributed by atoms with van der Waals surface area (Å²) in [5.74, 6) is 1.35. The minimum absolute atomic E-state index is 0.210. The van der Waals surface area contributed by atoms with Crippen molar-refractivity contribution in [2.75, 3.05) is 14.2 Å². The second-order valence-electron chi connectivity index (χ2n) is 4.47. The number of hydrogen-bond donors (Lipinski definition) is 2. The van der Waals surface area contributed by atoms with Crippen molar-refractivity contribution in [3.8, 4) is 17.2 Å². The maximum atomic E-state index is 10.4. The fraction of sp³-hybridized carbons (Fsp3) is 0.250. The predicted octanol–water partition coefficient (Wildman–Crippen LogP) is 2.69. The number of para-hydroxylation sites is 1. The summed E-state index contributed by atoms with van der Waals surface area (Å²) in [6.45, 7) is 0. The van der Waals surface area contributed by atoms with Crippen molar-refractivity contribution in [2.45, 2.75) is 12.5 Å². The van der Waals surface area contributed by atoms with Crippen LogP contribution >= 0.6 is 0 Å². The molecule has 1 atom stereocenters. The molecule has 0 aliphatic heterocycles. The van der Waals surface area contributed by atoms with Crippen molar-refractivity contribution in [3.05, 3.63) is 53.6 Å². The number of aliphatic hydroxyl groups is 1. The molecular formula is C16H18O4. The van der Waals surface area contributed by atoms with Crippen LogP contribution in [0, 0.1) is 0 Å². The van der Waals surface area contributed by atoms with Gasteiger partial charge >= 0.3 is 0 Å². The summed E-state index contributed by atoms with van der Waals surface area (Å²) < 4.78 is 10.5. The summed E-state index contributed by atoms with van der Waals surface area (Å²) in [6.07, 6.45) is -0.270. The normalized spacial score (nSPS) is 11.9. The molecule has 0 aliphatic carbocycles. The summed E-state index contributed by atoms with van der Waals surface area (Å²) in [6, 6.07) is 12.2. The van der Waals surface area contributed by atoms with E-state index in [1.54, 1.807) is 44.6 Å². The van der Waals surface area contributed by atoms with Crippen molar-refractivity contribution in [3.63, 3.8) is 0 Å². The van der Waals surface area contributed by atoms with Gasteiger partial charge in [-0.1, -0.05) is 24.3 Å². The van der Waals surface area contributed by atoms with Crippen LogP contribution in [0.2, 0.25) is 0 Å². The average molecular weight is 274 g/mol. The molecule has 0 spiro atoms. The fourth-order valence-electron chi connectivity index (χ4n) is 2.14. The van der Waals surface area contributed by atoms with Gasteiger partial charge in [-0.15, -0.1) is 0 Å². The van der Waals surface area contributed by atoms with Crippen LogP contribution in [-0.4, -0.2) is 24.4 Å². The summed E-state index contributed by atoms with van der Waals surface area (Å²) in [4.78, 5) is 0. The number of ether oxygens (including phenoxy) is 2. The maximum absolute atomic E-state index is 10.4. The van der Waals surface area contributed by atoms with E-state index in [1.165, 1.54) is 0 Å². The molecule has 0 aromatic heterocycles. The average Bonchev–Trinajstić information content (AvgIpc) is 2.48. The Hall–Kier alpha value is -2.20. The van der Waals surface area contributed by atoms with Gasteiger partial charge in [-0.3, -0.25) is 0 Å². The molecular weight excluding hydrogens is 256 g/mol. The molecule has 2 aromatic rings. The molecule has 0 aliphatic rings. The third kappa shape index (κ3) is 3.03. The van der Waals surface area contributed by atoms with Gasteiger partial charge in [0.1, 0.15) is 5.75 Å². The molecule has 2 aromatic carbocycles. The van der Waals surface area contributed by atoms with Crippen molar-refractivity contribution < 1.29 is 19.7 Å². The maximum Gasteiger partial charge on any atom is 0.166 e. The molecule has 20 heavy (non-hydrogen) atoms. The second-order valence-corrected chi connectivity index (χ2v) is 4.47. The summed E-state index contributed by atoms with van der Waals surface area (Å²) in [5, 5.41) is 19.6. The van der Waals surface area contributed by atoms with E-state index in [0.29, 0.717) is 23.5 Å². The minimum Gasteiger partial charge on any atom is -0.508 e. The molecule has 0 amide bonds. The number of methoxy groups -OCH3 is 2. The Morgan fingerprint density at radius 3 is 2.30 bits per heavy atom. The Bertz CT molecular complexity index is 563. The Morgan fingerprint density at radius 1 is 1.00 bits per heavy atom. The molecule has 1 unspecified atom stereocenters. The molecule has 0 heterocycles. The highest BCUT2D eigenvalue weighted by atomic mass is 16.5. The van der Waals surface area contributed by atoms with Gasteiger partial charge in [0.05, 0.1) is 20.3 Å². The zero-order valence-corrected chi connectivity index (χ0v) is 11.5. The molecule has 4 nitrogen and oxygen atoms in total. The van der Waals surface area contributed by atoms with Crippen LogP contribution in [-0.2, 0) is 6.42 Å². The zero-order valence-electron chi connectivity index (χ0n) is 11.5. The van der Waals surface area contributed by atoms with Gasteiger partial charge in [0.15, 0.2) is 11.5 Å². The standard InChI is InChI=1S/C16H18O4/c1-19-15-5-3-4-13(16(15)20-2)14(18)10-11-6-8-12(17)9-7-11/h3-9,14,17-18H,10H2,1-2H3. The number of benzene rings is 2. The fourth-order valence-corrected chi connectivity index (χ4v) is 2.14. The van der Waals surface area contributed by atoms with Gasteiger partial charge in [-0.2, -0.15) is 0 Å². The Morgan fingerprint density at radius 2 is 1.70 bits per heavy atom. The molecule has 0 saturated heterocycles. The number of phenols is 1. The molecule has 0 bridgehead atoms. The quantitative estimate of drug-likeness (QED) is 0.880. The number of rotatable bonds is 5. The predicted molar refractivity (Wildman–Crippen MR) is 76.3 cm³/mol. The van der Waals surface area contributed by atoms with Gasteiger partial charge in [0.25, 0.3) is 0 Å². The lowest BCUT2D eigenvalue weighted by Gasteiger charge is -2.17. The first-order valence-corrected chi connectivity index (χ1v) is 6.32. The molecule has 0 saturated carbocycles. The van der Waals surface area contributed by atoms with E-state index in [2.05, 4.69) is 0 Å². The van der Waals surface area contributed by atoms with E-state index in [4.69, 9.17) is 9.47 Å². The SMILES string of the molecule is COc1cccc(C(O)Cc2ccc(O)cc2)c1OC. The number of phenolic OH excluding ortho intramolecular Hbond substituents is 1. The number of hydrogen-bond acceptors (Lipinski definition) is 4. The highest BCUT2D eigenvalue weighted by Crippen LogP contribution is 2.35. The molecule has 106 valence electrons. The highest BCUT2D eigenvalue weighted by molar-refractivity contribution is 5.48.